The highest BCUT2D eigenvalue weighted by Crippen LogP contribution is 2.24. The van der Waals surface area contributed by atoms with Crippen molar-refractivity contribution in [1.29, 1.82) is 0 Å². The van der Waals surface area contributed by atoms with Gasteiger partial charge in [0, 0.05) is 35.4 Å². The molecule has 0 saturated heterocycles. The van der Waals surface area contributed by atoms with E-state index in [-0.39, 0.29) is 5.56 Å². The van der Waals surface area contributed by atoms with Crippen LogP contribution in [0.1, 0.15) is 12.0 Å². The molecule has 122 valence electrons. The van der Waals surface area contributed by atoms with Crippen LogP contribution < -0.4 is 5.56 Å². The summed E-state index contributed by atoms with van der Waals surface area (Å²) in [7, 11) is 1.72. The molecule has 0 atom stereocenters. The van der Waals surface area contributed by atoms with Crippen molar-refractivity contribution >= 4 is 33.3 Å². The highest BCUT2D eigenvalue weighted by atomic mass is 32.1. The van der Waals surface area contributed by atoms with Crippen molar-refractivity contribution in [3.05, 3.63) is 50.9 Å². The van der Waals surface area contributed by atoms with Crippen molar-refractivity contribution in [3.63, 3.8) is 0 Å². The summed E-state index contributed by atoms with van der Waals surface area (Å²) in [4.78, 5) is 23.0. The molecule has 6 heteroatoms. The van der Waals surface area contributed by atoms with Gasteiger partial charge in [-0.1, -0.05) is 6.07 Å². The number of fused-ring (bicyclic) bond motifs is 2. The average molecular weight is 339 g/mol. The molecule has 0 saturated carbocycles. The van der Waals surface area contributed by atoms with Crippen molar-refractivity contribution in [3.8, 4) is 11.4 Å². The molecule has 2 N–H and O–H groups in total. The fourth-order valence-corrected chi connectivity index (χ4v) is 3.58. The van der Waals surface area contributed by atoms with Gasteiger partial charge in [-0.15, -0.1) is 11.3 Å². The topological polar surface area (TPSA) is 70.8 Å². The lowest BCUT2D eigenvalue weighted by atomic mass is 10.1. The second-order valence-electron chi connectivity index (χ2n) is 5.79. The van der Waals surface area contributed by atoms with Gasteiger partial charge in [0.15, 0.2) is 5.69 Å². The molecule has 0 aliphatic rings. The van der Waals surface area contributed by atoms with E-state index in [1.807, 2.05) is 16.8 Å². The van der Waals surface area contributed by atoms with E-state index in [4.69, 9.17) is 4.74 Å². The van der Waals surface area contributed by atoms with Gasteiger partial charge >= 0.3 is 0 Å². The minimum Gasteiger partial charge on any atom is -0.385 e. The number of aromatic nitrogens is 3. The number of nitrogens with one attached hydrogen (secondary N) is 2. The van der Waals surface area contributed by atoms with E-state index >= 15 is 0 Å². The van der Waals surface area contributed by atoms with Crippen molar-refractivity contribution < 1.29 is 4.74 Å². The van der Waals surface area contributed by atoms with Crippen LogP contribution in [0.4, 0.5) is 0 Å². The Bertz CT molecular complexity index is 1060. The van der Waals surface area contributed by atoms with E-state index in [1.54, 1.807) is 7.11 Å². The average Bonchev–Trinajstić information content (AvgIpc) is 3.19. The predicted molar refractivity (Wildman–Crippen MR) is 97.7 cm³/mol. The number of rotatable bonds is 5. The number of methoxy groups -OCH3 is 1. The Hall–Kier alpha value is -2.44. The summed E-state index contributed by atoms with van der Waals surface area (Å²) < 4.78 is 5.10. The number of H-pyrrole nitrogens is 2. The van der Waals surface area contributed by atoms with Gasteiger partial charge in [-0.2, -0.15) is 0 Å². The second kappa shape index (κ2) is 6.22. The van der Waals surface area contributed by atoms with Crippen molar-refractivity contribution in [2.45, 2.75) is 12.8 Å². The number of benzene rings is 1. The summed E-state index contributed by atoms with van der Waals surface area (Å²) in [6, 6.07) is 8.31. The molecular formula is C18H17N3O2S. The number of hydrogen-bond acceptors (Lipinski definition) is 4. The Morgan fingerprint density at radius 1 is 1.17 bits per heavy atom. The molecule has 4 rings (SSSR count). The molecule has 0 unspecified atom stereocenters. The van der Waals surface area contributed by atoms with E-state index in [2.05, 4.69) is 33.2 Å². The molecular weight excluding hydrogens is 322 g/mol. The zero-order valence-electron chi connectivity index (χ0n) is 13.3. The van der Waals surface area contributed by atoms with Crippen LogP contribution in [0.25, 0.3) is 33.3 Å². The summed E-state index contributed by atoms with van der Waals surface area (Å²) in [5, 5.41) is 4.92. The molecule has 1 aromatic carbocycles. The van der Waals surface area contributed by atoms with Gasteiger partial charge in [0.1, 0.15) is 0 Å². The Morgan fingerprint density at radius 2 is 2.08 bits per heavy atom. The van der Waals surface area contributed by atoms with Crippen LogP contribution in [0.3, 0.4) is 0 Å². The maximum atomic E-state index is 12.3. The van der Waals surface area contributed by atoms with Gasteiger partial charge < -0.3 is 14.7 Å². The minimum atomic E-state index is -0.173. The number of hydrogen-bond donors (Lipinski definition) is 2. The molecule has 0 aliphatic carbocycles. The van der Waals surface area contributed by atoms with Gasteiger partial charge in [-0.05, 0) is 36.6 Å². The summed E-state index contributed by atoms with van der Waals surface area (Å²) in [5.41, 5.74) is 4.87. The van der Waals surface area contributed by atoms with Gasteiger partial charge in [0.25, 0.3) is 5.56 Å². The Labute approximate surface area is 142 Å². The van der Waals surface area contributed by atoms with Crippen molar-refractivity contribution in [2.75, 3.05) is 13.7 Å². The number of aromatic amines is 2. The monoisotopic (exact) mass is 339 g/mol. The van der Waals surface area contributed by atoms with Crippen LogP contribution in [0.2, 0.25) is 0 Å². The van der Waals surface area contributed by atoms with Gasteiger partial charge in [-0.25, -0.2) is 4.98 Å². The largest absolute Gasteiger partial charge is 0.385 e. The molecule has 3 aromatic heterocycles. The van der Waals surface area contributed by atoms with Crippen molar-refractivity contribution in [1.82, 2.24) is 15.0 Å². The maximum absolute atomic E-state index is 12.3. The first-order chi connectivity index (χ1) is 11.7. The van der Waals surface area contributed by atoms with Crippen LogP contribution >= 0.6 is 11.3 Å². The molecule has 0 radical (unpaired) electrons. The molecule has 0 fully saturated rings. The third kappa shape index (κ3) is 2.74. The molecule has 0 bridgehead atoms. The lowest BCUT2D eigenvalue weighted by molar-refractivity contribution is 0.195. The first-order valence-electron chi connectivity index (χ1n) is 7.82. The fraction of sp³-hybridized carbons (Fsp3) is 0.222. The lowest BCUT2D eigenvalue weighted by Crippen LogP contribution is -2.10. The summed E-state index contributed by atoms with van der Waals surface area (Å²) in [6.07, 6.45) is 1.97. The predicted octanol–water partition coefficient (Wildman–Crippen LogP) is 3.71. The van der Waals surface area contributed by atoms with Crippen LogP contribution in [-0.4, -0.2) is 28.7 Å². The molecule has 0 amide bonds. The zero-order valence-corrected chi connectivity index (χ0v) is 14.1. The fourth-order valence-electron chi connectivity index (χ4n) is 2.89. The van der Waals surface area contributed by atoms with Gasteiger partial charge in [-0.3, -0.25) is 4.79 Å². The lowest BCUT2D eigenvalue weighted by Gasteiger charge is -2.00. The van der Waals surface area contributed by atoms with Crippen LogP contribution in [-0.2, 0) is 11.2 Å². The molecule has 3 heterocycles. The zero-order chi connectivity index (χ0) is 16.5. The van der Waals surface area contributed by atoms with Crippen LogP contribution in [0, 0.1) is 0 Å². The SMILES string of the molecule is COCCCc1ccc2[nH]c(-c3nc4cscc4[nH]c3=O)cc2c1. The highest BCUT2D eigenvalue weighted by Gasteiger charge is 2.11. The van der Waals surface area contributed by atoms with Crippen LogP contribution in [0.15, 0.2) is 39.8 Å². The molecule has 5 nitrogen and oxygen atoms in total. The second-order valence-corrected chi connectivity index (χ2v) is 6.53. The quantitative estimate of drug-likeness (QED) is 0.545. The summed E-state index contributed by atoms with van der Waals surface area (Å²) in [6.45, 7) is 0.760. The molecule has 24 heavy (non-hydrogen) atoms. The summed E-state index contributed by atoms with van der Waals surface area (Å²) in [5.74, 6) is 0. The smallest absolute Gasteiger partial charge is 0.276 e. The maximum Gasteiger partial charge on any atom is 0.276 e. The van der Waals surface area contributed by atoms with Crippen molar-refractivity contribution in [2.24, 2.45) is 0 Å². The Morgan fingerprint density at radius 3 is 2.96 bits per heavy atom. The Balaban J connectivity index is 1.73. The first-order valence-corrected chi connectivity index (χ1v) is 8.76. The van der Waals surface area contributed by atoms with E-state index in [1.165, 1.54) is 16.9 Å². The van der Waals surface area contributed by atoms with E-state index < -0.39 is 0 Å². The molecule has 0 aliphatic heterocycles. The Kier molecular flexibility index (Phi) is 3.92. The third-order valence-electron chi connectivity index (χ3n) is 4.09. The molecule has 4 aromatic rings. The number of thiophene rings is 1. The first kappa shape index (κ1) is 15.1. The molecule has 0 spiro atoms. The number of ether oxygens (including phenoxy) is 1. The van der Waals surface area contributed by atoms with E-state index in [0.717, 1.165) is 47.1 Å². The number of aryl methyl sites for hydroxylation is 1. The highest BCUT2D eigenvalue weighted by molar-refractivity contribution is 7.09. The van der Waals surface area contributed by atoms with Gasteiger partial charge in [0.2, 0.25) is 0 Å². The van der Waals surface area contributed by atoms with Crippen LogP contribution in [0.5, 0.6) is 0 Å². The number of nitrogens with zero attached hydrogens (tertiary/aromatic N) is 1. The standard InChI is InChI=1S/C18H17N3O2S/c1-23-6-2-3-11-4-5-13-12(7-11)8-14(19-13)17-18(22)21-16-10-24-9-15(16)20-17/h4-5,7-10,19H,2-3,6H2,1H3,(H,21,22). The minimum absolute atomic E-state index is 0.173. The third-order valence-corrected chi connectivity index (χ3v) is 4.82. The van der Waals surface area contributed by atoms with E-state index in [9.17, 15) is 4.79 Å². The van der Waals surface area contributed by atoms with Gasteiger partial charge in [0.05, 0.1) is 16.7 Å². The van der Waals surface area contributed by atoms with E-state index in [0.29, 0.717) is 5.69 Å². The summed E-state index contributed by atoms with van der Waals surface area (Å²) >= 11 is 1.53. The normalized spacial score (nSPS) is 11.5.